The van der Waals surface area contributed by atoms with E-state index in [1.165, 1.54) is 25.3 Å². The third kappa shape index (κ3) is 8.91. The van der Waals surface area contributed by atoms with Crippen molar-refractivity contribution in [2.45, 2.75) is 63.8 Å². The van der Waals surface area contributed by atoms with E-state index in [1.807, 2.05) is 19.9 Å². The highest BCUT2D eigenvalue weighted by Gasteiger charge is 2.33. The number of carbonyl (C=O) groups is 3. The first kappa shape index (κ1) is 35.5. The number of fused-ring (bicyclic) bond motifs is 1. The third-order valence-electron chi connectivity index (χ3n) is 8.21. The summed E-state index contributed by atoms with van der Waals surface area (Å²) in [5, 5.41) is 28.0. The van der Waals surface area contributed by atoms with Gasteiger partial charge >= 0.3 is 0 Å². The number of ether oxygens (including phenoxy) is 1. The molecule has 3 amide bonds. The summed E-state index contributed by atoms with van der Waals surface area (Å²) >= 11 is 0. The predicted molar refractivity (Wildman–Crippen MR) is 172 cm³/mol. The molecule has 12 heteroatoms. The Bertz CT molecular complexity index is 1580. The van der Waals surface area contributed by atoms with Crippen LogP contribution in [0.1, 0.15) is 80.5 Å². The summed E-state index contributed by atoms with van der Waals surface area (Å²) in [6.07, 6.45) is -0.455. The van der Waals surface area contributed by atoms with Crippen molar-refractivity contribution in [3.8, 4) is 5.75 Å². The van der Waals surface area contributed by atoms with Gasteiger partial charge in [-0.2, -0.15) is 0 Å². The molecule has 47 heavy (non-hydrogen) atoms. The van der Waals surface area contributed by atoms with E-state index in [0.717, 1.165) is 29.3 Å². The summed E-state index contributed by atoms with van der Waals surface area (Å²) in [6, 6.07) is 10.7. The van der Waals surface area contributed by atoms with Gasteiger partial charge < -0.3 is 36.2 Å². The van der Waals surface area contributed by atoms with E-state index in [9.17, 15) is 33.4 Å². The molecule has 0 heterocycles. The van der Waals surface area contributed by atoms with Gasteiger partial charge in [-0.3, -0.25) is 14.4 Å². The van der Waals surface area contributed by atoms with Gasteiger partial charge in [-0.25, -0.2) is 8.78 Å². The SMILES string of the molecule is CCCN(CCC)C(=O)c1cc(C(N)=O)cc(C(=O)N[C@@H](Cc2cc(F)cc(F)c2)[C@H](O)CN[C@@H]2c3cc(OC)ccc3C[C@@H]2O)c1. The van der Waals surface area contributed by atoms with Crippen LogP contribution in [0.2, 0.25) is 0 Å². The van der Waals surface area contributed by atoms with Crippen LogP contribution in [-0.2, 0) is 12.8 Å². The zero-order valence-corrected chi connectivity index (χ0v) is 26.8. The van der Waals surface area contributed by atoms with Crippen molar-refractivity contribution in [3.63, 3.8) is 0 Å². The maximum absolute atomic E-state index is 14.1. The van der Waals surface area contributed by atoms with E-state index >= 15 is 0 Å². The summed E-state index contributed by atoms with van der Waals surface area (Å²) in [4.78, 5) is 40.9. The van der Waals surface area contributed by atoms with Crippen molar-refractivity contribution in [2.24, 2.45) is 5.73 Å². The molecule has 252 valence electrons. The molecule has 3 aromatic carbocycles. The van der Waals surface area contributed by atoms with Crippen molar-refractivity contribution < 1.29 is 38.1 Å². The first-order valence-corrected chi connectivity index (χ1v) is 15.7. The van der Waals surface area contributed by atoms with Crippen LogP contribution in [0.3, 0.4) is 0 Å². The fourth-order valence-electron chi connectivity index (χ4n) is 5.94. The molecule has 0 aromatic heterocycles. The second-order valence-electron chi connectivity index (χ2n) is 11.8. The number of amides is 3. The average Bonchev–Trinajstić information content (AvgIpc) is 3.35. The van der Waals surface area contributed by atoms with Gasteiger partial charge in [0.1, 0.15) is 17.4 Å². The van der Waals surface area contributed by atoms with E-state index in [-0.39, 0.29) is 41.1 Å². The fraction of sp³-hybridized carbons (Fsp3) is 0.400. The lowest BCUT2D eigenvalue weighted by molar-refractivity contribution is 0.0755. The molecular weight excluding hydrogens is 610 g/mol. The Kier molecular flexibility index (Phi) is 12.0. The molecule has 4 rings (SSSR count). The number of nitrogens with two attached hydrogens (primary N) is 1. The first-order chi connectivity index (χ1) is 22.4. The lowest BCUT2D eigenvalue weighted by Crippen LogP contribution is -2.49. The Morgan fingerprint density at radius 3 is 2.23 bits per heavy atom. The number of carbonyl (C=O) groups excluding carboxylic acids is 3. The normalized spacial score (nSPS) is 16.7. The smallest absolute Gasteiger partial charge is 0.253 e. The van der Waals surface area contributed by atoms with Gasteiger partial charge in [-0.15, -0.1) is 0 Å². The minimum atomic E-state index is -1.31. The minimum absolute atomic E-state index is 0.0516. The van der Waals surface area contributed by atoms with Crippen LogP contribution in [0.5, 0.6) is 5.75 Å². The molecule has 10 nitrogen and oxygen atoms in total. The molecule has 0 saturated carbocycles. The molecule has 0 radical (unpaired) electrons. The molecule has 1 aliphatic rings. The average molecular weight is 653 g/mol. The van der Waals surface area contributed by atoms with Crippen LogP contribution < -0.4 is 21.1 Å². The lowest BCUT2D eigenvalue weighted by Gasteiger charge is -2.27. The fourth-order valence-corrected chi connectivity index (χ4v) is 5.94. The number of aliphatic hydroxyl groups excluding tert-OH is 2. The third-order valence-corrected chi connectivity index (χ3v) is 8.21. The highest BCUT2D eigenvalue weighted by molar-refractivity contribution is 6.04. The van der Waals surface area contributed by atoms with Gasteiger partial charge in [0, 0.05) is 48.8 Å². The van der Waals surface area contributed by atoms with Crippen molar-refractivity contribution in [1.82, 2.24) is 15.5 Å². The molecule has 1 aliphatic carbocycles. The van der Waals surface area contributed by atoms with Crippen molar-refractivity contribution in [1.29, 1.82) is 0 Å². The maximum atomic E-state index is 14.1. The standard InChI is InChI=1S/C35H42F2N4O6/c1-4-8-41(9-5-2)35(46)24-14-22(33(38)44)13-23(15-24)34(45)40-29(12-20-10-25(36)17-26(37)11-20)31(43)19-39-32-28-18-27(47-3)7-6-21(28)16-30(32)42/h6-7,10-11,13-15,17-18,29-32,39,42-43H,4-5,8-9,12,16,19H2,1-3H3,(H2,38,44)(H,40,45)/t29-,30-,31+,32+/m0/s1. The highest BCUT2D eigenvalue weighted by Crippen LogP contribution is 2.34. The van der Waals surface area contributed by atoms with E-state index in [0.29, 0.717) is 38.1 Å². The van der Waals surface area contributed by atoms with E-state index < -0.39 is 47.7 Å². The summed E-state index contributed by atoms with van der Waals surface area (Å²) < 4.78 is 33.5. The first-order valence-electron chi connectivity index (χ1n) is 15.7. The Morgan fingerprint density at radius 1 is 0.979 bits per heavy atom. The van der Waals surface area contributed by atoms with E-state index in [2.05, 4.69) is 10.6 Å². The number of aliphatic hydroxyl groups is 2. The predicted octanol–water partition coefficient (Wildman–Crippen LogP) is 3.28. The van der Waals surface area contributed by atoms with Crippen LogP contribution in [0.4, 0.5) is 8.78 Å². The quantitative estimate of drug-likeness (QED) is 0.169. The monoisotopic (exact) mass is 652 g/mol. The molecule has 0 bridgehead atoms. The van der Waals surface area contributed by atoms with Gasteiger partial charge in [0.15, 0.2) is 0 Å². The van der Waals surface area contributed by atoms with Crippen LogP contribution in [0.15, 0.2) is 54.6 Å². The maximum Gasteiger partial charge on any atom is 0.253 e. The second-order valence-corrected chi connectivity index (χ2v) is 11.8. The van der Waals surface area contributed by atoms with E-state index in [4.69, 9.17) is 10.5 Å². The molecule has 0 unspecified atom stereocenters. The number of rotatable bonds is 15. The second kappa shape index (κ2) is 15.9. The zero-order chi connectivity index (χ0) is 34.2. The van der Waals surface area contributed by atoms with Gasteiger partial charge in [-0.1, -0.05) is 19.9 Å². The number of nitrogens with zero attached hydrogens (tertiary/aromatic N) is 1. The van der Waals surface area contributed by atoms with Crippen LogP contribution in [-0.4, -0.2) is 77.8 Å². The van der Waals surface area contributed by atoms with Crippen molar-refractivity contribution >= 4 is 17.7 Å². The number of hydrogen-bond donors (Lipinski definition) is 5. The summed E-state index contributed by atoms with van der Waals surface area (Å²) in [6.45, 7) is 4.71. The lowest BCUT2D eigenvalue weighted by atomic mass is 9.98. The van der Waals surface area contributed by atoms with Crippen molar-refractivity contribution in [2.75, 3.05) is 26.7 Å². The molecule has 3 aromatic rings. The Labute approximate surface area is 272 Å². The molecule has 0 aliphatic heterocycles. The summed E-state index contributed by atoms with van der Waals surface area (Å²) in [5.41, 5.74) is 7.44. The zero-order valence-electron chi connectivity index (χ0n) is 26.8. The Balaban J connectivity index is 1.61. The van der Waals surface area contributed by atoms with Gasteiger partial charge in [0.25, 0.3) is 11.8 Å². The van der Waals surface area contributed by atoms with E-state index in [1.54, 1.807) is 17.0 Å². The number of primary amides is 1. The van der Waals surface area contributed by atoms with Gasteiger partial charge in [0.2, 0.25) is 5.91 Å². The molecule has 0 spiro atoms. The summed E-state index contributed by atoms with van der Waals surface area (Å²) in [5.74, 6) is -2.98. The van der Waals surface area contributed by atoms with Crippen LogP contribution >= 0.6 is 0 Å². The largest absolute Gasteiger partial charge is 0.497 e. The van der Waals surface area contributed by atoms with Crippen molar-refractivity contribution in [3.05, 3.63) is 99.6 Å². The van der Waals surface area contributed by atoms with Crippen LogP contribution in [0.25, 0.3) is 0 Å². The molecular formula is C35H42F2N4O6. The van der Waals surface area contributed by atoms with Gasteiger partial charge in [-0.05, 0) is 78.4 Å². The number of nitrogens with one attached hydrogen (secondary N) is 2. The summed E-state index contributed by atoms with van der Waals surface area (Å²) in [7, 11) is 1.53. The highest BCUT2D eigenvalue weighted by atomic mass is 19.1. The molecule has 4 atom stereocenters. The Morgan fingerprint density at radius 2 is 1.62 bits per heavy atom. The number of benzene rings is 3. The number of halogens is 2. The molecule has 0 fully saturated rings. The Hall–Kier alpha value is -4.39. The number of methoxy groups -OCH3 is 1. The topological polar surface area (TPSA) is 154 Å². The molecule has 0 saturated heterocycles. The van der Waals surface area contributed by atoms with Gasteiger partial charge in [0.05, 0.1) is 31.4 Å². The van der Waals surface area contributed by atoms with Crippen LogP contribution in [0, 0.1) is 11.6 Å². The molecule has 6 N–H and O–H groups in total. The minimum Gasteiger partial charge on any atom is -0.497 e. The number of hydrogen-bond acceptors (Lipinski definition) is 7.